The lowest BCUT2D eigenvalue weighted by atomic mass is 9.85. The minimum atomic E-state index is -3.23. The fourth-order valence-corrected chi connectivity index (χ4v) is 3.47. The molecule has 0 aromatic rings. The molecule has 18 heavy (non-hydrogen) atoms. The monoisotopic (exact) mass is 300 g/mol. The molecular weight excluding hydrogens is 276 g/mol. The first-order valence-corrected chi connectivity index (χ1v) is 8.02. The van der Waals surface area contributed by atoms with Crippen molar-refractivity contribution in [1.82, 2.24) is 4.72 Å². The summed E-state index contributed by atoms with van der Waals surface area (Å²) in [7, 11) is -3.23. The van der Waals surface area contributed by atoms with Gasteiger partial charge < -0.3 is 10.5 Å². The summed E-state index contributed by atoms with van der Waals surface area (Å²) in [4.78, 5) is 0. The van der Waals surface area contributed by atoms with E-state index in [4.69, 9.17) is 10.5 Å². The van der Waals surface area contributed by atoms with Gasteiger partial charge in [-0.25, -0.2) is 13.1 Å². The Kier molecular flexibility index (Phi) is 9.15. The number of nitrogens with one attached hydrogen (secondary N) is 1. The highest BCUT2D eigenvalue weighted by Crippen LogP contribution is 2.24. The molecule has 7 heteroatoms. The maximum atomic E-state index is 11.8. The lowest BCUT2D eigenvalue weighted by Crippen LogP contribution is -2.45. The largest absolute Gasteiger partial charge is 0.381 e. The highest BCUT2D eigenvalue weighted by Gasteiger charge is 2.27. The first-order chi connectivity index (χ1) is 8.09. The van der Waals surface area contributed by atoms with E-state index in [0.717, 1.165) is 25.7 Å². The molecule has 0 aliphatic heterocycles. The van der Waals surface area contributed by atoms with Gasteiger partial charge in [0.1, 0.15) is 0 Å². The van der Waals surface area contributed by atoms with Crippen molar-refractivity contribution in [2.24, 2.45) is 11.7 Å². The fourth-order valence-electron chi connectivity index (χ4n) is 2.25. The molecule has 1 aliphatic carbocycles. The van der Waals surface area contributed by atoms with Crippen LogP contribution in [-0.4, -0.2) is 40.0 Å². The van der Waals surface area contributed by atoms with Crippen LogP contribution in [0.15, 0.2) is 0 Å². The van der Waals surface area contributed by atoms with Gasteiger partial charge in [0.2, 0.25) is 10.0 Å². The van der Waals surface area contributed by atoms with Crippen LogP contribution < -0.4 is 10.5 Å². The van der Waals surface area contributed by atoms with Gasteiger partial charge in [0.05, 0.1) is 12.4 Å². The molecule has 3 N–H and O–H groups in total. The lowest BCUT2D eigenvalue weighted by Gasteiger charge is -2.31. The summed E-state index contributed by atoms with van der Waals surface area (Å²) in [6.45, 7) is 3.21. The van der Waals surface area contributed by atoms with E-state index in [1.807, 2.05) is 6.92 Å². The molecule has 0 bridgehead atoms. The van der Waals surface area contributed by atoms with Crippen molar-refractivity contribution in [1.29, 1.82) is 0 Å². The standard InChI is InChI=1S/C11H24N2O3S.ClH/c1-2-16-7-8-17(14,15)13-11-6-4-3-5-10(11)9-12;/h10-11,13H,2-9,12H2,1H3;1H. The molecule has 0 radical (unpaired) electrons. The molecule has 0 saturated heterocycles. The van der Waals surface area contributed by atoms with E-state index >= 15 is 0 Å². The topological polar surface area (TPSA) is 81.4 Å². The summed E-state index contributed by atoms with van der Waals surface area (Å²) in [5, 5.41) is 0. The summed E-state index contributed by atoms with van der Waals surface area (Å²) in [6.07, 6.45) is 4.15. The van der Waals surface area contributed by atoms with Gasteiger partial charge in [-0.1, -0.05) is 12.8 Å². The Hall–Kier alpha value is 0.120. The SMILES string of the molecule is CCOCCS(=O)(=O)NC1CCCCC1CN.Cl. The summed E-state index contributed by atoms with van der Waals surface area (Å²) in [5.41, 5.74) is 5.67. The zero-order chi connectivity index (χ0) is 12.7. The average Bonchev–Trinajstić information content (AvgIpc) is 2.29. The molecule has 0 heterocycles. The van der Waals surface area contributed by atoms with Crippen LogP contribution in [-0.2, 0) is 14.8 Å². The van der Waals surface area contributed by atoms with Crippen LogP contribution in [0.2, 0.25) is 0 Å². The van der Waals surface area contributed by atoms with Gasteiger partial charge in [-0.2, -0.15) is 0 Å². The second-order valence-corrected chi connectivity index (χ2v) is 6.39. The van der Waals surface area contributed by atoms with Crippen molar-refractivity contribution in [2.75, 3.05) is 25.5 Å². The number of sulfonamides is 1. The van der Waals surface area contributed by atoms with Crippen molar-refractivity contribution >= 4 is 22.4 Å². The van der Waals surface area contributed by atoms with Crippen LogP contribution in [0.25, 0.3) is 0 Å². The number of nitrogens with two attached hydrogens (primary N) is 1. The van der Waals surface area contributed by atoms with Crippen molar-refractivity contribution < 1.29 is 13.2 Å². The van der Waals surface area contributed by atoms with Crippen molar-refractivity contribution in [3.63, 3.8) is 0 Å². The van der Waals surface area contributed by atoms with Gasteiger partial charge in [0.15, 0.2) is 0 Å². The average molecular weight is 301 g/mol. The van der Waals surface area contributed by atoms with E-state index < -0.39 is 10.0 Å². The Bertz CT molecular complexity index is 311. The van der Waals surface area contributed by atoms with E-state index in [2.05, 4.69) is 4.72 Å². The second-order valence-electron chi connectivity index (χ2n) is 4.52. The van der Waals surface area contributed by atoms with Crippen LogP contribution in [0.1, 0.15) is 32.6 Å². The summed E-state index contributed by atoms with van der Waals surface area (Å²) in [6, 6.07) is 0.0142. The van der Waals surface area contributed by atoms with Gasteiger partial charge >= 0.3 is 0 Å². The van der Waals surface area contributed by atoms with Crippen LogP contribution in [0.5, 0.6) is 0 Å². The zero-order valence-corrected chi connectivity index (χ0v) is 12.6. The van der Waals surface area contributed by atoms with E-state index in [1.165, 1.54) is 0 Å². The first-order valence-electron chi connectivity index (χ1n) is 6.37. The lowest BCUT2D eigenvalue weighted by molar-refractivity contribution is 0.163. The Morgan fingerprint density at radius 1 is 1.33 bits per heavy atom. The molecule has 1 aliphatic rings. The van der Waals surface area contributed by atoms with Gasteiger partial charge in [-0.15, -0.1) is 12.4 Å². The Morgan fingerprint density at radius 2 is 2.00 bits per heavy atom. The molecule has 1 fully saturated rings. The van der Waals surface area contributed by atoms with Crippen LogP contribution in [0.4, 0.5) is 0 Å². The van der Waals surface area contributed by atoms with E-state index in [0.29, 0.717) is 13.2 Å². The van der Waals surface area contributed by atoms with Gasteiger partial charge in [-0.05, 0) is 32.2 Å². The molecule has 0 aromatic heterocycles. The normalized spacial score (nSPS) is 24.6. The predicted octanol–water partition coefficient (Wildman–Crippen LogP) is 0.882. The quantitative estimate of drug-likeness (QED) is 0.684. The van der Waals surface area contributed by atoms with Gasteiger partial charge in [0, 0.05) is 12.6 Å². The molecule has 2 unspecified atom stereocenters. The van der Waals surface area contributed by atoms with E-state index in [-0.39, 0.29) is 36.7 Å². The van der Waals surface area contributed by atoms with Crippen molar-refractivity contribution in [3.05, 3.63) is 0 Å². The first kappa shape index (κ1) is 18.1. The zero-order valence-electron chi connectivity index (χ0n) is 10.9. The summed E-state index contributed by atoms with van der Waals surface area (Å²) in [5.74, 6) is 0.319. The number of halogens is 1. The molecule has 0 spiro atoms. The molecule has 1 rings (SSSR count). The minimum absolute atomic E-state index is 0. The smallest absolute Gasteiger partial charge is 0.214 e. The Labute approximate surface area is 116 Å². The van der Waals surface area contributed by atoms with Crippen LogP contribution in [0.3, 0.4) is 0 Å². The third kappa shape index (κ3) is 6.33. The van der Waals surface area contributed by atoms with E-state index in [1.54, 1.807) is 0 Å². The van der Waals surface area contributed by atoms with E-state index in [9.17, 15) is 8.42 Å². The van der Waals surface area contributed by atoms with Gasteiger partial charge in [-0.3, -0.25) is 0 Å². The second kappa shape index (κ2) is 9.09. The molecule has 110 valence electrons. The number of ether oxygens (including phenoxy) is 1. The number of hydrogen-bond donors (Lipinski definition) is 2. The minimum Gasteiger partial charge on any atom is -0.381 e. The van der Waals surface area contributed by atoms with Crippen LogP contribution in [0, 0.1) is 5.92 Å². The fraction of sp³-hybridized carbons (Fsp3) is 1.00. The third-order valence-corrected chi connectivity index (χ3v) is 4.61. The molecule has 2 atom stereocenters. The highest BCUT2D eigenvalue weighted by molar-refractivity contribution is 7.89. The maximum Gasteiger partial charge on any atom is 0.214 e. The molecular formula is C11H25ClN2O3S. The Balaban J connectivity index is 0.00000289. The molecule has 1 saturated carbocycles. The van der Waals surface area contributed by atoms with Crippen molar-refractivity contribution in [2.45, 2.75) is 38.6 Å². The van der Waals surface area contributed by atoms with Crippen LogP contribution >= 0.6 is 12.4 Å². The predicted molar refractivity (Wildman–Crippen MR) is 75.5 cm³/mol. The number of rotatable bonds is 7. The highest BCUT2D eigenvalue weighted by atomic mass is 35.5. The molecule has 5 nitrogen and oxygen atoms in total. The molecule has 0 aromatic carbocycles. The molecule has 0 amide bonds. The summed E-state index contributed by atoms with van der Waals surface area (Å²) < 4.78 is 31.4. The number of hydrogen-bond acceptors (Lipinski definition) is 4. The summed E-state index contributed by atoms with van der Waals surface area (Å²) >= 11 is 0. The van der Waals surface area contributed by atoms with Gasteiger partial charge in [0.25, 0.3) is 0 Å². The Morgan fingerprint density at radius 3 is 2.61 bits per heavy atom. The maximum absolute atomic E-state index is 11.8. The van der Waals surface area contributed by atoms with Crippen molar-refractivity contribution in [3.8, 4) is 0 Å². The third-order valence-electron chi connectivity index (χ3n) is 3.24.